The van der Waals surface area contributed by atoms with E-state index in [0.29, 0.717) is 0 Å². The van der Waals surface area contributed by atoms with E-state index in [1.165, 1.54) is 5.56 Å². The van der Waals surface area contributed by atoms with E-state index >= 15 is 0 Å². The maximum absolute atomic E-state index is 5.15. The Labute approximate surface area is 89.5 Å². The summed E-state index contributed by atoms with van der Waals surface area (Å²) in [6, 6.07) is 10.2. The molecule has 0 fully saturated rings. The molecular formula is C11H15N3O. The average Bonchev–Trinajstić information content (AvgIpc) is 2.75. The molecule has 0 aliphatic carbocycles. The largest absolute Gasteiger partial charge is 0.350 e. The van der Waals surface area contributed by atoms with Crippen LogP contribution >= 0.6 is 0 Å². The third-order valence-corrected chi connectivity index (χ3v) is 2.31. The van der Waals surface area contributed by atoms with E-state index in [2.05, 4.69) is 22.4 Å². The highest BCUT2D eigenvalue weighted by Crippen LogP contribution is 2.02. The molecule has 1 N–H and O–H groups in total. The minimum atomic E-state index is 0.777. The SMILES string of the molecule is CON1CCN=C1NCc1ccccc1. The molecule has 4 nitrogen and oxygen atoms in total. The third kappa shape index (κ3) is 2.47. The van der Waals surface area contributed by atoms with Gasteiger partial charge in [0.15, 0.2) is 0 Å². The summed E-state index contributed by atoms with van der Waals surface area (Å²) in [5, 5.41) is 5.02. The van der Waals surface area contributed by atoms with E-state index in [9.17, 15) is 0 Å². The molecule has 1 aliphatic heterocycles. The lowest BCUT2D eigenvalue weighted by Crippen LogP contribution is -2.37. The molecule has 0 saturated carbocycles. The normalized spacial score (nSPS) is 15.3. The highest BCUT2D eigenvalue weighted by Gasteiger charge is 2.15. The molecule has 1 aliphatic rings. The van der Waals surface area contributed by atoms with Gasteiger partial charge in [-0.15, -0.1) is 0 Å². The number of nitrogens with one attached hydrogen (secondary N) is 1. The van der Waals surface area contributed by atoms with Crippen molar-refractivity contribution < 1.29 is 4.84 Å². The van der Waals surface area contributed by atoms with Crippen molar-refractivity contribution in [3.05, 3.63) is 35.9 Å². The van der Waals surface area contributed by atoms with Gasteiger partial charge in [-0.05, 0) is 5.56 Å². The first kappa shape index (κ1) is 9.98. The van der Waals surface area contributed by atoms with Gasteiger partial charge in [-0.3, -0.25) is 4.84 Å². The molecule has 0 saturated heterocycles. The van der Waals surface area contributed by atoms with Crippen molar-refractivity contribution in [2.75, 3.05) is 20.2 Å². The fraction of sp³-hybridized carbons (Fsp3) is 0.364. The monoisotopic (exact) mass is 205 g/mol. The first-order valence-electron chi connectivity index (χ1n) is 5.04. The van der Waals surface area contributed by atoms with Crippen LogP contribution < -0.4 is 5.32 Å². The standard InChI is InChI=1S/C11H15N3O/c1-15-14-8-7-12-11(14)13-9-10-5-3-2-4-6-10/h2-6H,7-9H2,1H3,(H,12,13). The van der Waals surface area contributed by atoms with Crippen LogP contribution in [0.2, 0.25) is 0 Å². The highest BCUT2D eigenvalue weighted by molar-refractivity contribution is 5.80. The van der Waals surface area contributed by atoms with Gasteiger partial charge < -0.3 is 5.32 Å². The molecular weight excluding hydrogens is 190 g/mol. The minimum Gasteiger partial charge on any atom is -0.350 e. The second kappa shape index (κ2) is 4.79. The summed E-state index contributed by atoms with van der Waals surface area (Å²) < 4.78 is 0. The second-order valence-corrected chi connectivity index (χ2v) is 3.33. The quantitative estimate of drug-likeness (QED) is 0.800. The van der Waals surface area contributed by atoms with Crippen LogP contribution in [-0.4, -0.2) is 31.2 Å². The first-order valence-corrected chi connectivity index (χ1v) is 5.04. The van der Waals surface area contributed by atoms with Crippen molar-refractivity contribution in [3.8, 4) is 0 Å². The molecule has 1 aromatic carbocycles. The number of hydroxylamine groups is 2. The highest BCUT2D eigenvalue weighted by atomic mass is 16.7. The van der Waals surface area contributed by atoms with Crippen LogP contribution in [0, 0.1) is 0 Å². The van der Waals surface area contributed by atoms with Crippen molar-refractivity contribution >= 4 is 5.96 Å². The van der Waals surface area contributed by atoms with Crippen LogP contribution in [0.5, 0.6) is 0 Å². The van der Waals surface area contributed by atoms with Crippen LogP contribution in [0.15, 0.2) is 35.3 Å². The number of aliphatic imine (C=N–C) groups is 1. The van der Waals surface area contributed by atoms with Crippen LogP contribution in [0.3, 0.4) is 0 Å². The molecule has 0 bridgehead atoms. The molecule has 80 valence electrons. The fourth-order valence-electron chi connectivity index (χ4n) is 1.53. The van der Waals surface area contributed by atoms with Crippen LogP contribution in [-0.2, 0) is 11.4 Å². The van der Waals surface area contributed by atoms with Gasteiger partial charge in [0.2, 0.25) is 5.96 Å². The number of rotatable bonds is 3. The van der Waals surface area contributed by atoms with Crippen molar-refractivity contribution in [1.82, 2.24) is 10.4 Å². The zero-order valence-electron chi connectivity index (χ0n) is 8.81. The van der Waals surface area contributed by atoms with E-state index in [4.69, 9.17) is 4.84 Å². The molecule has 2 rings (SSSR count). The maximum Gasteiger partial charge on any atom is 0.218 e. The molecule has 0 spiro atoms. The van der Waals surface area contributed by atoms with E-state index in [-0.39, 0.29) is 0 Å². The summed E-state index contributed by atoms with van der Waals surface area (Å²) in [5.74, 6) is 0.821. The number of nitrogens with zero attached hydrogens (tertiary/aromatic N) is 2. The number of benzene rings is 1. The van der Waals surface area contributed by atoms with Crippen molar-refractivity contribution in [1.29, 1.82) is 0 Å². The summed E-state index contributed by atoms with van der Waals surface area (Å²) >= 11 is 0. The summed E-state index contributed by atoms with van der Waals surface area (Å²) in [4.78, 5) is 9.46. The number of hydrogen-bond donors (Lipinski definition) is 1. The third-order valence-electron chi connectivity index (χ3n) is 2.31. The van der Waals surface area contributed by atoms with E-state index in [1.807, 2.05) is 18.2 Å². The van der Waals surface area contributed by atoms with Crippen molar-refractivity contribution in [2.24, 2.45) is 4.99 Å². The van der Waals surface area contributed by atoms with E-state index in [1.54, 1.807) is 12.2 Å². The van der Waals surface area contributed by atoms with Gasteiger partial charge in [-0.1, -0.05) is 30.3 Å². The number of guanidine groups is 1. The Bertz CT molecular complexity index is 337. The van der Waals surface area contributed by atoms with E-state index in [0.717, 1.165) is 25.6 Å². The lowest BCUT2D eigenvalue weighted by molar-refractivity contribution is -0.0582. The summed E-state index contributed by atoms with van der Waals surface area (Å²) in [5.41, 5.74) is 1.24. The van der Waals surface area contributed by atoms with Gasteiger partial charge in [-0.25, -0.2) is 10.1 Å². The lowest BCUT2D eigenvalue weighted by atomic mass is 10.2. The smallest absolute Gasteiger partial charge is 0.218 e. The van der Waals surface area contributed by atoms with Crippen LogP contribution in [0.25, 0.3) is 0 Å². The molecule has 0 atom stereocenters. The van der Waals surface area contributed by atoms with Gasteiger partial charge in [0, 0.05) is 6.54 Å². The van der Waals surface area contributed by atoms with Crippen LogP contribution in [0.4, 0.5) is 0 Å². The lowest BCUT2D eigenvalue weighted by Gasteiger charge is -2.17. The Balaban J connectivity index is 1.88. The molecule has 0 aromatic heterocycles. The molecule has 0 radical (unpaired) electrons. The topological polar surface area (TPSA) is 36.9 Å². The minimum absolute atomic E-state index is 0.777. The molecule has 15 heavy (non-hydrogen) atoms. The Morgan fingerprint density at radius 2 is 2.20 bits per heavy atom. The Kier molecular flexibility index (Phi) is 3.19. The van der Waals surface area contributed by atoms with Crippen molar-refractivity contribution in [3.63, 3.8) is 0 Å². The maximum atomic E-state index is 5.15. The van der Waals surface area contributed by atoms with Gasteiger partial charge in [-0.2, -0.15) is 0 Å². The molecule has 0 amide bonds. The van der Waals surface area contributed by atoms with Crippen molar-refractivity contribution in [2.45, 2.75) is 6.54 Å². The van der Waals surface area contributed by atoms with Crippen LogP contribution in [0.1, 0.15) is 5.56 Å². The first-order chi connectivity index (χ1) is 7.40. The Morgan fingerprint density at radius 3 is 2.93 bits per heavy atom. The van der Waals surface area contributed by atoms with Gasteiger partial charge >= 0.3 is 0 Å². The zero-order valence-corrected chi connectivity index (χ0v) is 8.81. The summed E-state index contributed by atoms with van der Waals surface area (Å²) in [6.45, 7) is 2.40. The summed E-state index contributed by atoms with van der Waals surface area (Å²) in [6.07, 6.45) is 0. The average molecular weight is 205 g/mol. The predicted molar refractivity (Wildman–Crippen MR) is 59.3 cm³/mol. The Hall–Kier alpha value is -1.55. The fourth-order valence-corrected chi connectivity index (χ4v) is 1.53. The molecule has 1 aromatic rings. The van der Waals surface area contributed by atoms with E-state index < -0.39 is 0 Å². The number of hydrogen-bond acceptors (Lipinski definition) is 4. The zero-order chi connectivity index (χ0) is 10.5. The second-order valence-electron chi connectivity index (χ2n) is 3.33. The molecule has 4 heteroatoms. The van der Waals surface area contributed by atoms with Gasteiger partial charge in [0.1, 0.15) is 0 Å². The van der Waals surface area contributed by atoms with Gasteiger partial charge in [0.05, 0.1) is 20.2 Å². The predicted octanol–water partition coefficient (Wildman–Crippen LogP) is 1.01. The van der Waals surface area contributed by atoms with Gasteiger partial charge in [0.25, 0.3) is 0 Å². The molecule has 1 heterocycles. The Morgan fingerprint density at radius 1 is 1.40 bits per heavy atom. The summed E-state index contributed by atoms with van der Waals surface area (Å²) in [7, 11) is 1.66. The molecule has 0 unspecified atom stereocenters.